The molecule has 0 saturated carbocycles. The average molecular weight is 279 g/mol. The summed E-state index contributed by atoms with van der Waals surface area (Å²) in [7, 11) is 0. The lowest BCUT2D eigenvalue weighted by Crippen LogP contribution is -2.08. The van der Waals surface area contributed by atoms with E-state index in [0.29, 0.717) is 17.9 Å². The molecule has 0 spiro atoms. The first-order valence-corrected chi connectivity index (χ1v) is 6.62. The van der Waals surface area contributed by atoms with E-state index in [4.69, 9.17) is 4.74 Å². The Morgan fingerprint density at radius 3 is 2.81 bits per heavy atom. The second-order valence-electron chi connectivity index (χ2n) is 4.42. The number of carbonyl (C=O) groups is 1. The summed E-state index contributed by atoms with van der Waals surface area (Å²) >= 11 is 0. The van der Waals surface area contributed by atoms with Crippen LogP contribution < -0.4 is 0 Å². The number of aromatic nitrogens is 3. The van der Waals surface area contributed by atoms with Crippen molar-refractivity contribution >= 4 is 16.9 Å². The Morgan fingerprint density at radius 1 is 1.19 bits per heavy atom. The highest BCUT2D eigenvalue weighted by Crippen LogP contribution is 2.25. The van der Waals surface area contributed by atoms with Gasteiger partial charge >= 0.3 is 5.97 Å². The van der Waals surface area contributed by atoms with Crippen LogP contribution in [0.3, 0.4) is 0 Å². The summed E-state index contributed by atoms with van der Waals surface area (Å²) in [6.07, 6.45) is 6.71. The van der Waals surface area contributed by atoms with E-state index in [1.807, 2.05) is 18.2 Å². The molecule has 0 radical (unpaired) electrons. The zero-order valence-electron chi connectivity index (χ0n) is 11.5. The molecule has 5 heteroatoms. The molecule has 0 fully saturated rings. The minimum Gasteiger partial charge on any atom is -0.462 e. The van der Waals surface area contributed by atoms with Crippen molar-refractivity contribution in [2.45, 2.75) is 6.92 Å². The Kier molecular flexibility index (Phi) is 3.55. The number of pyridine rings is 3. The van der Waals surface area contributed by atoms with Crippen molar-refractivity contribution in [1.82, 2.24) is 15.0 Å². The van der Waals surface area contributed by atoms with Crippen molar-refractivity contribution in [3.05, 3.63) is 54.6 Å². The fraction of sp³-hybridized carbons (Fsp3) is 0.125. The van der Waals surface area contributed by atoms with Crippen LogP contribution in [0.4, 0.5) is 0 Å². The number of esters is 1. The van der Waals surface area contributed by atoms with Gasteiger partial charge < -0.3 is 4.74 Å². The van der Waals surface area contributed by atoms with E-state index in [-0.39, 0.29) is 0 Å². The predicted octanol–water partition coefficient (Wildman–Crippen LogP) is 2.87. The monoisotopic (exact) mass is 279 g/mol. The molecule has 0 aromatic carbocycles. The molecule has 104 valence electrons. The summed E-state index contributed by atoms with van der Waals surface area (Å²) in [6, 6.07) is 7.24. The molecule has 0 aliphatic heterocycles. The van der Waals surface area contributed by atoms with Gasteiger partial charge in [0.15, 0.2) is 0 Å². The third-order valence-electron chi connectivity index (χ3n) is 3.05. The number of hydrogen-bond acceptors (Lipinski definition) is 5. The summed E-state index contributed by atoms with van der Waals surface area (Å²) in [5.74, 6) is -0.394. The topological polar surface area (TPSA) is 65.0 Å². The van der Waals surface area contributed by atoms with Crippen molar-refractivity contribution < 1.29 is 9.53 Å². The van der Waals surface area contributed by atoms with Crippen LogP contribution >= 0.6 is 0 Å². The molecule has 3 aromatic heterocycles. The molecule has 0 unspecified atom stereocenters. The molecule has 21 heavy (non-hydrogen) atoms. The SMILES string of the molecule is CCOC(=O)c1cc2cnccc2nc1-c1cccnc1. The van der Waals surface area contributed by atoms with Crippen molar-refractivity contribution in [3.8, 4) is 11.3 Å². The van der Waals surface area contributed by atoms with Crippen LogP contribution in [0.15, 0.2) is 49.1 Å². The Labute approximate surface area is 121 Å². The first kappa shape index (κ1) is 13.2. The normalized spacial score (nSPS) is 10.5. The van der Waals surface area contributed by atoms with Crippen LogP contribution in [0.2, 0.25) is 0 Å². The van der Waals surface area contributed by atoms with E-state index in [9.17, 15) is 4.79 Å². The maximum atomic E-state index is 12.2. The van der Waals surface area contributed by atoms with Crippen molar-refractivity contribution in [3.63, 3.8) is 0 Å². The minimum atomic E-state index is -0.394. The summed E-state index contributed by atoms with van der Waals surface area (Å²) < 4.78 is 5.12. The third-order valence-corrected chi connectivity index (χ3v) is 3.05. The van der Waals surface area contributed by atoms with Gasteiger partial charge in [0, 0.05) is 35.7 Å². The second-order valence-corrected chi connectivity index (χ2v) is 4.42. The van der Waals surface area contributed by atoms with Gasteiger partial charge in [-0.2, -0.15) is 0 Å². The number of fused-ring (bicyclic) bond motifs is 1. The molecular formula is C16H13N3O2. The molecule has 0 saturated heterocycles. The maximum Gasteiger partial charge on any atom is 0.340 e. The molecular weight excluding hydrogens is 266 g/mol. The Balaban J connectivity index is 2.24. The van der Waals surface area contributed by atoms with Gasteiger partial charge in [0.25, 0.3) is 0 Å². The molecule has 0 aliphatic rings. The van der Waals surface area contributed by atoms with E-state index in [1.165, 1.54) is 0 Å². The Morgan fingerprint density at radius 2 is 2.05 bits per heavy atom. The summed E-state index contributed by atoms with van der Waals surface area (Å²) in [6.45, 7) is 2.09. The van der Waals surface area contributed by atoms with Crippen molar-refractivity contribution in [2.75, 3.05) is 6.61 Å². The average Bonchev–Trinajstić information content (AvgIpc) is 2.54. The molecule has 3 rings (SSSR count). The van der Waals surface area contributed by atoms with Gasteiger partial charge in [-0.05, 0) is 31.2 Å². The number of ether oxygens (including phenoxy) is 1. The fourth-order valence-electron chi connectivity index (χ4n) is 2.10. The van der Waals surface area contributed by atoms with Gasteiger partial charge in [0.05, 0.1) is 23.4 Å². The quantitative estimate of drug-likeness (QED) is 0.690. The number of rotatable bonds is 3. The van der Waals surface area contributed by atoms with E-state index in [1.54, 1.807) is 37.8 Å². The zero-order chi connectivity index (χ0) is 14.7. The molecule has 0 atom stereocenters. The number of carbonyl (C=O) groups excluding carboxylic acids is 1. The molecule has 0 aliphatic carbocycles. The first-order chi connectivity index (χ1) is 10.3. The van der Waals surface area contributed by atoms with Crippen LogP contribution in [-0.4, -0.2) is 27.5 Å². The van der Waals surface area contributed by atoms with Crippen LogP contribution in [-0.2, 0) is 4.74 Å². The standard InChI is InChI=1S/C16H13N3O2/c1-2-21-16(20)13-8-12-10-18-7-5-14(12)19-15(13)11-4-3-6-17-9-11/h3-10H,2H2,1H3. The first-order valence-electron chi connectivity index (χ1n) is 6.62. The van der Waals surface area contributed by atoms with Gasteiger partial charge in [0.2, 0.25) is 0 Å². The summed E-state index contributed by atoms with van der Waals surface area (Å²) in [5.41, 5.74) is 2.54. The van der Waals surface area contributed by atoms with Crippen molar-refractivity contribution in [1.29, 1.82) is 0 Å². The van der Waals surface area contributed by atoms with E-state index < -0.39 is 5.97 Å². The predicted molar refractivity (Wildman–Crippen MR) is 78.7 cm³/mol. The van der Waals surface area contributed by atoms with Crippen molar-refractivity contribution in [2.24, 2.45) is 0 Å². The summed E-state index contributed by atoms with van der Waals surface area (Å²) in [5, 5.41) is 0.799. The number of hydrogen-bond donors (Lipinski definition) is 0. The summed E-state index contributed by atoms with van der Waals surface area (Å²) in [4.78, 5) is 24.9. The molecule has 3 heterocycles. The van der Waals surface area contributed by atoms with E-state index in [2.05, 4.69) is 15.0 Å². The Bertz CT molecular complexity index is 788. The van der Waals surface area contributed by atoms with E-state index >= 15 is 0 Å². The molecule has 3 aromatic rings. The minimum absolute atomic E-state index is 0.316. The highest BCUT2D eigenvalue weighted by atomic mass is 16.5. The lowest BCUT2D eigenvalue weighted by atomic mass is 10.1. The third kappa shape index (κ3) is 2.58. The Hall–Kier alpha value is -2.82. The van der Waals surface area contributed by atoms with Crippen LogP contribution in [0.1, 0.15) is 17.3 Å². The highest BCUT2D eigenvalue weighted by molar-refractivity contribution is 6.00. The van der Waals surface area contributed by atoms with Gasteiger partial charge in [-0.1, -0.05) is 0 Å². The smallest absolute Gasteiger partial charge is 0.340 e. The molecule has 0 N–H and O–H groups in total. The number of nitrogens with zero attached hydrogens (tertiary/aromatic N) is 3. The zero-order valence-corrected chi connectivity index (χ0v) is 11.5. The lowest BCUT2D eigenvalue weighted by molar-refractivity contribution is 0.0527. The second kappa shape index (κ2) is 5.66. The lowest BCUT2D eigenvalue weighted by Gasteiger charge is -2.09. The highest BCUT2D eigenvalue weighted by Gasteiger charge is 2.17. The van der Waals surface area contributed by atoms with Crippen LogP contribution in [0, 0.1) is 0 Å². The van der Waals surface area contributed by atoms with E-state index in [0.717, 1.165) is 16.5 Å². The maximum absolute atomic E-state index is 12.2. The van der Waals surface area contributed by atoms with Gasteiger partial charge in [-0.15, -0.1) is 0 Å². The van der Waals surface area contributed by atoms with Gasteiger partial charge in [-0.3, -0.25) is 9.97 Å². The molecule has 5 nitrogen and oxygen atoms in total. The van der Waals surface area contributed by atoms with Crippen LogP contribution in [0.5, 0.6) is 0 Å². The van der Waals surface area contributed by atoms with Gasteiger partial charge in [0.1, 0.15) is 0 Å². The van der Waals surface area contributed by atoms with Gasteiger partial charge in [-0.25, -0.2) is 9.78 Å². The fourth-order valence-corrected chi connectivity index (χ4v) is 2.10. The molecule has 0 bridgehead atoms. The molecule has 0 amide bonds. The van der Waals surface area contributed by atoms with Crippen LogP contribution in [0.25, 0.3) is 22.2 Å². The largest absolute Gasteiger partial charge is 0.462 e.